The summed E-state index contributed by atoms with van der Waals surface area (Å²) in [5.41, 5.74) is 7.33. The standard InChI is InChI=1S/C16H23NO3/c17-10-12-3-7-14(8-4-12)16(20)13-5-1-11(2-6-13)9-15(18)19/h1-2,5-6,12,14,16,20H,3-4,7-10,17H2,(H,18,19). The van der Waals surface area contributed by atoms with Gasteiger partial charge in [-0.3, -0.25) is 4.79 Å². The van der Waals surface area contributed by atoms with Crippen molar-refractivity contribution >= 4 is 5.97 Å². The Morgan fingerprint density at radius 3 is 2.30 bits per heavy atom. The van der Waals surface area contributed by atoms with E-state index < -0.39 is 12.1 Å². The van der Waals surface area contributed by atoms with Crippen molar-refractivity contribution in [1.29, 1.82) is 0 Å². The maximum absolute atomic E-state index is 10.6. The van der Waals surface area contributed by atoms with E-state index in [1.54, 1.807) is 12.1 Å². The van der Waals surface area contributed by atoms with Crippen LogP contribution in [0.1, 0.15) is 42.9 Å². The molecule has 0 heterocycles. The van der Waals surface area contributed by atoms with Crippen molar-refractivity contribution in [3.8, 4) is 0 Å². The van der Waals surface area contributed by atoms with Gasteiger partial charge in [-0.2, -0.15) is 0 Å². The molecule has 0 saturated heterocycles. The largest absolute Gasteiger partial charge is 0.481 e. The third-order valence-electron chi connectivity index (χ3n) is 4.35. The van der Waals surface area contributed by atoms with Gasteiger partial charge in [0.15, 0.2) is 0 Å². The Balaban J connectivity index is 1.95. The number of nitrogens with two attached hydrogens (primary N) is 1. The van der Waals surface area contributed by atoms with Crippen molar-refractivity contribution in [2.75, 3.05) is 6.54 Å². The Kier molecular flexibility index (Phi) is 5.15. The first-order chi connectivity index (χ1) is 9.60. The fourth-order valence-corrected chi connectivity index (χ4v) is 3.02. The summed E-state index contributed by atoms with van der Waals surface area (Å²) in [5, 5.41) is 19.2. The van der Waals surface area contributed by atoms with Crippen LogP contribution in [-0.4, -0.2) is 22.7 Å². The fraction of sp³-hybridized carbons (Fsp3) is 0.562. The van der Waals surface area contributed by atoms with E-state index >= 15 is 0 Å². The summed E-state index contributed by atoms with van der Waals surface area (Å²) in [7, 11) is 0. The van der Waals surface area contributed by atoms with Gasteiger partial charge in [0.2, 0.25) is 0 Å². The number of carboxylic acids is 1. The van der Waals surface area contributed by atoms with Gasteiger partial charge in [-0.05, 0) is 55.2 Å². The number of hydrogen-bond acceptors (Lipinski definition) is 3. The van der Waals surface area contributed by atoms with Crippen LogP contribution in [0.2, 0.25) is 0 Å². The summed E-state index contributed by atoms with van der Waals surface area (Å²) in [6.07, 6.45) is 3.79. The van der Waals surface area contributed by atoms with Gasteiger partial charge in [0.25, 0.3) is 0 Å². The summed E-state index contributed by atoms with van der Waals surface area (Å²) in [6, 6.07) is 7.27. The van der Waals surface area contributed by atoms with E-state index in [0.29, 0.717) is 11.8 Å². The highest BCUT2D eigenvalue weighted by Crippen LogP contribution is 2.36. The zero-order valence-electron chi connectivity index (χ0n) is 11.7. The topological polar surface area (TPSA) is 83.5 Å². The van der Waals surface area contributed by atoms with E-state index in [0.717, 1.165) is 43.4 Å². The van der Waals surface area contributed by atoms with Crippen LogP contribution < -0.4 is 5.73 Å². The molecule has 0 spiro atoms. The van der Waals surface area contributed by atoms with Crippen LogP contribution in [0.4, 0.5) is 0 Å². The Morgan fingerprint density at radius 2 is 1.80 bits per heavy atom. The zero-order valence-corrected chi connectivity index (χ0v) is 11.7. The summed E-state index contributed by atoms with van der Waals surface area (Å²) in [4.78, 5) is 10.6. The number of aliphatic hydroxyl groups is 1. The lowest BCUT2D eigenvalue weighted by Gasteiger charge is -2.31. The van der Waals surface area contributed by atoms with Crippen molar-refractivity contribution in [3.05, 3.63) is 35.4 Å². The van der Waals surface area contributed by atoms with E-state index in [2.05, 4.69) is 0 Å². The minimum Gasteiger partial charge on any atom is -0.481 e. The first-order valence-electron chi connectivity index (χ1n) is 7.29. The minimum atomic E-state index is -0.835. The molecular formula is C16H23NO3. The van der Waals surface area contributed by atoms with Gasteiger partial charge >= 0.3 is 5.97 Å². The molecule has 1 unspecified atom stereocenters. The number of hydrogen-bond donors (Lipinski definition) is 3. The molecule has 1 aromatic carbocycles. The Bertz CT molecular complexity index is 436. The molecule has 1 atom stereocenters. The van der Waals surface area contributed by atoms with Crippen molar-refractivity contribution in [3.63, 3.8) is 0 Å². The van der Waals surface area contributed by atoms with Crippen molar-refractivity contribution < 1.29 is 15.0 Å². The lowest BCUT2D eigenvalue weighted by atomic mass is 9.78. The predicted molar refractivity (Wildman–Crippen MR) is 77.2 cm³/mol. The average molecular weight is 277 g/mol. The summed E-state index contributed by atoms with van der Waals surface area (Å²) < 4.78 is 0. The molecule has 0 radical (unpaired) electrons. The molecule has 4 heteroatoms. The van der Waals surface area contributed by atoms with E-state index in [1.165, 1.54) is 0 Å². The van der Waals surface area contributed by atoms with Gasteiger partial charge in [-0.1, -0.05) is 24.3 Å². The molecular weight excluding hydrogens is 254 g/mol. The monoisotopic (exact) mass is 277 g/mol. The van der Waals surface area contributed by atoms with Crippen molar-refractivity contribution in [2.45, 2.75) is 38.2 Å². The van der Waals surface area contributed by atoms with Crippen molar-refractivity contribution in [2.24, 2.45) is 17.6 Å². The van der Waals surface area contributed by atoms with Gasteiger partial charge < -0.3 is 15.9 Å². The molecule has 4 N–H and O–H groups in total. The second-order valence-corrected chi connectivity index (χ2v) is 5.77. The summed E-state index contributed by atoms with van der Waals surface area (Å²) >= 11 is 0. The van der Waals surface area contributed by atoms with E-state index in [-0.39, 0.29) is 6.42 Å². The van der Waals surface area contributed by atoms with Gasteiger partial charge in [-0.25, -0.2) is 0 Å². The normalized spacial score (nSPS) is 24.3. The van der Waals surface area contributed by atoms with Crippen LogP contribution in [0.25, 0.3) is 0 Å². The maximum atomic E-state index is 10.6. The number of carbonyl (C=O) groups is 1. The Labute approximate surface area is 119 Å². The molecule has 2 rings (SSSR count). The quantitative estimate of drug-likeness (QED) is 0.769. The zero-order chi connectivity index (χ0) is 14.5. The van der Waals surface area contributed by atoms with E-state index in [4.69, 9.17) is 10.8 Å². The number of carboxylic acid groups (broad SMARTS) is 1. The molecule has 1 saturated carbocycles. The molecule has 1 fully saturated rings. The van der Waals surface area contributed by atoms with Crippen LogP contribution in [0.5, 0.6) is 0 Å². The Morgan fingerprint density at radius 1 is 1.20 bits per heavy atom. The number of aliphatic hydroxyl groups excluding tert-OH is 1. The van der Waals surface area contributed by atoms with Crippen LogP contribution in [0.3, 0.4) is 0 Å². The van der Waals surface area contributed by atoms with Gasteiger partial charge in [-0.15, -0.1) is 0 Å². The summed E-state index contributed by atoms with van der Waals surface area (Å²) in [5.74, 6) is 0.0675. The molecule has 0 aliphatic heterocycles. The maximum Gasteiger partial charge on any atom is 0.307 e. The highest BCUT2D eigenvalue weighted by atomic mass is 16.4. The molecule has 20 heavy (non-hydrogen) atoms. The molecule has 0 amide bonds. The lowest BCUT2D eigenvalue weighted by Crippen LogP contribution is -2.24. The third-order valence-corrected chi connectivity index (χ3v) is 4.35. The molecule has 4 nitrogen and oxygen atoms in total. The highest BCUT2D eigenvalue weighted by Gasteiger charge is 2.26. The second-order valence-electron chi connectivity index (χ2n) is 5.77. The van der Waals surface area contributed by atoms with Gasteiger partial charge in [0.1, 0.15) is 0 Å². The SMILES string of the molecule is NCC1CCC(C(O)c2ccc(CC(=O)O)cc2)CC1. The Hall–Kier alpha value is -1.39. The minimum absolute atomic E-state index is 0.0258. The second kappa shape index (κ2) is 6.86. The van der Waals surface area contributed by atoms with Crippen LogP contribution in [-0.2, 0) is 11.2 Å². The molecule has 1 aliphatic carbocycles. The van der Waals surface area contributed by atoms with Gasteiger partial charge in [0.05, 0.1) is 12.5 Å². The van der Waals surface area contributed by atoms with Gasteiger partial charge in [0, 0.05) is 0 Å². The van der Waals surface area contributed by atoms with Crippen LogP contribution in [0, 0.1) is 11.8 Å². The molecule has 1 aliphatic rings. The first-order valence-corrected chi connectivity index (χ1v) is 7.29. The molecule has 110 valence electrons. The smallest absolute Gasteiger partial charge is 0.307 e. The predicted octanol–water partition coefficient (Wildman–Crippen LogP) is 2.11. The number of rotatable bonds is 5. The third kappa shape index (κ3) is 3.81. The first kappa shape index (κ1) is 15.0. The lowest BCUT2D eigenvalue weighted by molar-refractivity contribution is -0.136. The van der Waals surface area contributed by atoms with Crippen LogP contribution in [0.15, 0.2) is 24.3 Å². The molecule has 0 aromatic heterocycles. The molecule has 1 aromatic rings. The van der Waals surface area contributed by atoms with Crippen molar-refractivity contribution in [1.82, 2.24) is 0 Å². The average Bonchev–Trinajstić information content (AvgIpc) is 2.47. The van der Waals surface area contributed by atoms with E-state index in [1.807, 2.05) is 12.1 Å². The number of benzene rings is 1. The fourth-order valence-electron chi connectivity index (χ4n) is 3.02. The summed E-state index contributed by atoms with van der Waals surface area (Å²) in [6.45, 7) is 0.743. The molecule has 0 bridgehead atoms. The van der Waals surface area contributed by atoms with E-state index in [9.17, 15) is 9.90 Å². The highest BCUT2D eigenvalue weighted by molar-refractivity contribution is 5.70. The van der Waals surface area contributed by atoms with Crippen LogP contribution >= 0.6 is 0 Å². The number of aliphatic carboxylic acids is 1.